The minimum Gasteiger partial charge on any atom is -0.352 e. The Kier molecular flexibility index (Phi) is 7.52. The molecule has 23 heavy (non-hydrogen) atoms. The third-order valence-corrected chi connectivity index (χ3v) is 4.26. The van der Waals surface area contributed by atoms with E-state index in [2.05, 4.69) is 5.32 Å². The summed E-state index contributed by atoms with van der Waals surface area (Å²) >= 11 is 0. The molecule has 1 fully saturated rings. The zero-order chi connectivity index (χ0) is 16.1. The van der Waals surface area contributed by atoms with Gasteiger partial charge in [0.15, 0.2) is 0 Å². The van der Waals surface area contributed by atoms with E-state index in [0.29, 0.717) is 24.4 Å². The number of hydrogen-bond acceptors (Lipinski definition) is 3. The Morgan fingerprint density at radius 2 is 1.87 bits per heavy atom. The normalized spacial score (nSPS) is 19.8. The van der Waals surface area contributed by atoms with Crippen LogP contribution in [-0.2, 0) is 11.3 Å². The summed E-state index contributed by atoms with van der Waals surface area (Å²) in [6, 6.07) is 7.49. The number of carbonyl (C=O) groups excluding carboxylic acids is 2. The van der Waals surface area contributed by atoms with Gasteiger partial charge in [-0.1, -0.05) is 18.6 Å². The molecule has 2 amide bonds. The molecule has 2 rings (SSSR count). The first-order chi connectivity index (χ1) is 10.5. The van der Waals surface area contributed by atoms with Gasteiger partial charge >= 0.3 is 0 Å². The molecular formula is C17H26ClN3O2. The molecule has 0 spiro atoms. The van der Waals surface area contributed by atoms with E-state index in [4.69, 9.17) is 5.73 Å². The summed E-state index contributed by atoms with van der Waals surface area (Å²) in [7, 11) is 3.45. The van der Waals surface area contributed by atoms with Crippen LogP contribution in [-0.4, -0.2) is 36.9 Å². The van der Waals surface area contributed by atoms with E-state index in [9.17, 15) is 9.59 Å². The quantitative estimate of drug-likeness (QED) is 0.860. The third-order valence-electron chi connectivity index (χ3n) is 4.26. The van der Waals surface area contributed by atoms with Gasteiger partial charge in [-0.25, -0.2) is 0 Å². The van der Waals surface area contributed by atoms with E-state index in [1.807, 2.05) is 12.1 Å². The van der Waals surface area contributed by atoms with Gasteiger partial charge in [-0.15, -0.1) is 12.4 Å². The first-order valence-corrected chi connectivity index (χ1v) is 7.80. The van der Waals surface area contributed by atoms with Crippen LogP contribution in [0.1, 0.15) is 41.6 Å². The minimum absolute atomic E-state index is 0. The lowest BCUT2D eigenvalue weighted by Gasteiger charge is -2.15. The van der Waals surface area contributed by atoms with E-state index in [-0.39, 0.29) is 30.3 Å². The molecule has 2 atom stereocenters. The first-order valence-electron chi connectivity index (χ1n) is 7.80. The van der Waals surface area contributed by atoms with Crippen LogP contribution >= 0.6 is 12.4 Å². The van der Waals surface area contributed by atoms with Crippen molar-refractivity contribution < 1.29 is 9.59 Å². The highest BCUT2D eigenvalue weighted by Gasteiger charge is 2.25. The predicted molar refractivity (Wildman–Crippen MR) is 93.5 cm³/mol. The maximum atomic E-state index is 12.0. The number of nitrogens with two attached hydrogens (primary N) is 1. The van der Waals surface area contributed by atoms with Gasteiger partial charge in [0.2, 0.25) is 5.91 Å². The molecule has 6 heteroatoms. The molecule has 0 aliphatic heterocycles. The number of carbonyl (C=O) groups is 2. The highest BCUT2D eigenvalue weighted by atomic mass is 35.5. The van der Waals surface area contributed by atoms with Crippen molar-refractivity contribution in [2.45, 2.75) is 38.3 Å². The molecule has 0 saturated heterocycles. The lowest BCUT2D eigenvalue weighted by molar-refractivity contribution is -0.122. The van der Waals surface area contributed by atoms with Gasteiger partial charge in [0.25, 0.3) is 5.91 Å². The molecule has 1 aliphatic rings. The molecule has 0 radical (unpaired) electrons. The maximum absolute atomic E-state index is 12.0. The van der Waals surface area contributed by atoms with Crippen LogP contribution in [0, 0.1) is 5.92 Å². The number of rotatable bonds is 5. The van der Waals surface area contributed by atoms with Gasteiger partial charge in [-0.3, -0.25) is 9.59 Å². The fourth-order valence-electron chi connectivity index (χ4n) is 2.85. The maximum Gasteiger partial charge on any atom is 0.253 e. The smallest absolute Gasteiger partial charge is 0.253 e. The second-order valence-corrected chi connectivity index (χ2v) is 6.23. The highest BCUT2D eigenvalue weighted by Crippen LogP contribution is 2.26. The molecule has 1 aliphatic carbocycles. The third kappa shape index (κ3) is 5.52. The standard InChI is InChI=1S/C17H25N3O2.ClH/c1-20(2)17(22)13-8-6-12(7-9-13)11-19-16(21)10-14-4-3-5-15(14)18;/h6-9,14-15H,3-5,10-11,18H2,1-2H3,(H,19,21);1H/t14-,15+;/m0./s1. The van der Waals surface area contributed by atoms with Crippen LogP contribution in [0.4, 0.5) is 0 Å². The largest absolute Gasteiger partial charge is 0.352 e. The van der Waals surface area contributed by atoms with Crippen molar-refractivity contribution in [3.63, 3.8) is 0 Å². The van der Waals surface area contributed by atoms with E-state index in [1.165, 1.54) is 0 Å². The molecule has 0 aromatic heterocycles. The van der Waals surface area contributed by atoms with E-state index >= 15 is 0 Å². The Morgan fingerprint density at radius 3 is 2.39 bits per heavy atom. The second kappa shape index (κ2) is 8.89. The van der Waals surface area contributed by atoms with Crippen LogP contribution in [0.5, 0.6) is 0 Å². The fraction of sp³-hybridized carbons (Fsp3) is 0.529. The van der Waals surface area contributed by atoms with Crippen molar-refractivity contribution in [3.8, 4) is 0 Å². The van der Waals surface area contributed by atoms with Crippen LogP contribution in [0.25, 0.3) is 0 Å². The number of benzene rings is 1. The van der Waals surface area contributed by atoms with Crippen molar-refractivity contribution in [3.05, 3.63) is 35.4 Å². The van der Waals surface area contributed by atoms with Crippen molar-refractivity contribution in [2.75, 3.05) is 14.1 Å². The zero-order valence-electron chi connectivity index (χ0n) is 13.7. The van der Waals surface area contributed by atoms with E-state index in [1.54, 1.807) is 31.1 Å². The van der Waals surface area contributed by atoms with Crippen molar-refractivity contribution in [1.82, 2.24) is 10.2 Å². The van der Waals surface area contributed by atoms with Crippen LogP contribution in [0.2, 0.25) is 0 Å². The van der Waals surface area contributed by atoms with Gasteiger partial charge < -0.3 is 16.0 Å². The Balaban J connectivity index is 0.00000264. The van der Waals surface area contributed by atoms with E-state index in [0.717, 1.165) is 24.8 Å². The average Bonchev–Trinajstić information content (AvgIpc) is 2.90. The highest BCUT2D eigenvalue weighted by molar-refractivity contribution is 5.93. The number of nitrogens with zero attached hydrogens (tertiary/aromatic N) is 1. The van der Waals surface area contributed by atoms with Crippen molar-refractivity contribution in [2.24, 2.45) is 11.7 Å². The van der Waals surface area contributed by atoms with Crippen LogP contribution in [0.15, 0.2) is 24.3 Å². The van der Waals surface area contributed by atoms with Gasteiger partial charge in [0.1, 0.15) is 0 Å². The monoisotopic (exact) mass is 339 g/mol. The predicted octanol–water partition coefficient (Wildman–Crippen LogP) is 1.94. The Hall–Kier alpha value is -1.59. The summed E-state index contributed by atoms with van der Waals surface area (Å²) in [4.78, 5) is 25.3. The minimum atomic E-state index is -0.0224. The summed E-state index contributed by atoms with van der Waals surface area (Å²) in [5.74, 6) is 0.349. The molecule has 1 saturated carbocycles. The Morgan fingerprint density at radius 1 is 1.22 bits per heavy atom. The molecule has 0 heterocycles. The van der Waals surface area contributed by atoms with Crippen molar-refractivity contribution >= 4 is 24.2 Å². The van der Waals surface area contributed by atoms with Crippen molar-refractivity contribution in [1.29, 1.82) is 0 Å². The molecular weight excluding hydrogens is 314 g/mol. The van der Waals surface area contributed by atoms with Gasteiger partial charge in [-0.2, -0.15) is 0 Å². The Labute approximate surface area is 144 Å². The summed E-state index contributed by atoms with van der Waals surface area (Å²) in [6.45, 7) is 0.483. The molecule has 1 aromatic rings. The number of amides is 2. The van der Waals surface area contributed by atoms with Gasteiger partial charge in [0.05, 0.1) is 0 Å². The zero-order valence-corrected chi connectivity index (χ0v) is 14.6. The average molecular weight is 340 g/mol. The van der Waals surface area contributed by atoms with E-state index < -0.39 is 0 Å². The molecule has 128 valence electrons. The van der Waals surface area contributed by atoms with Crippen LogP contribution < -0.4 is 11.1 Å². The summed E-state index contributed by atoms with van der Waals surface area (Å²) in [6.07, 6.45) is 3.72. The van der Waals surface area contributed by atoms with Gasteiger partial charge in [0, 0.05) is 38.7 Å². The lowest BCUT2D eigenvalue weighted by Crippen LogP contribution is -2.31. The molecule has 5 nitrogen and oxygen atoms in total. The molecule has 0 bridgehead atoms. The lowest BCUT2D eigenvalue weighted by atomic mass is 10.00. The number of halogens is 1. The second-order valence-electron chi connectivity index (χ2n) is 6.23. The summed E-state index contributed by atoms with van der Waals surface area (Å²) < 4.78 is 0. The summed E-state index contributed by atoms with van der Waals surface area (Å²) in [5.41, 5.74) is 7.62. The molecule has 1 aromatic carbocycles. The van der Waals surface area contributed by atoms with Crippen LogP contribution in [0.3, 0.4) is 0 Å². The number of hydrogen-bond donors (Lipinski definition) is 2. The summed E-state index contributed by atoms with van der Waals surface area (Å²) in [5, 5.41) is 2.93. The molecule has 3 N–H and O–H groups in total. The molecule has 0 unspecified atom stereocenters. The SMILES string of the molecule is CN(C)C(=O)c1ccc(CNC(=O)C[C@@H]2CCC[C@H]2N)cc1.Cl. The Bertz CT molecular complexity index is 531. The number of nitrogens with one attached hydrogen (secondary N) is 1. The first kappa shape index (κ1) is 19.5. The van der Waals surface area contributed by atoms with Gasteiger partial charge in [-0.05, 0) is 36.5 Å². The fourth-order valence-corrected chi connectivity index (χ4v) is 2.85. The topological polar surface area (TPSA) is 75.4 Å².